The topological polar surface area (TPSA) is 40.5 Å². The Kier molecular flexibility index (Phi) is 4.23. The van der Waals surface area contributed by atoms with Gasteiger partial charge in [-0.2, -0.15) is 0 Å². The predicted molar refractivity (Wildman–Crippen MR) is 64.3 cm³/mol. The van der Waals surface area contributed by atoms with Crippen molar-refractivity contribution in [1.82, 2.24) is 4.90 Å². The molecule has 0 bridgehead atoms. The number of likely N-dealkylation sites (N-methyl/N-ethyl adjacent to an activating group) is 1. The van der Waals surface area contributed by atoms with E-state index in [1.165, 1.54) is 29.2 Å². The number of nitrogens with zero attached hydrogens (tertiary/aromatic N) is 1. The molecule has 94 valence electrons. The van der Waals surface area contributed by atoms with Crippen molar-refractivity contribution in [3.8, 4) is 0 Å². The van der Waals surface area contributed by atoms with Crippen LogP contribution in [-0.2, 0) is 0 Å². The first-order valence-electron chi connectivity index (χ1n) is 5.60. The standard InChI is InChI=1S/C13H18FNO2/c1-4-15(9-13(2,3)17)12(16)10-5-7-11(14)8-6-10/h5-8,17H,4,9H2,1-3H3. The summed E-state index contributed by atoms with van der Waals surface area (Å²) in [5.74, 6) is -0.568. The summed E-state index contributed by atoms with van der Waals surface area (Å²) in [6.45, 7) is 5.88. The lowest BCUT2D eigenvalue weighted by Crippen LogP contribution is -2.42. The van der Waals surface area contributed by atoms with Gasteiger partial charge in [-0.1, -0.05) is 0 Å². The Balaban J connectivity index is 2.83. The molecule has 3 nitrogen and oxygen atoms in total. The average Bonchev–Trinajstić information content (AvgIpc) is 2.25. The van der Waals surface area contributed by atoms with Crippen molar-refractivity contribution in [3.63, 3.8) is 0 Å². The molecule has 1 amide bonds. The highest BCUT2D eigenvalue weighted by Gasteiger charge is 2.22. The van der Waals surface area contributed by atoms with Gasteiger partial charge in [-0.25, -0.2) is 4.39 Å². The smallest absolute Gasteiger partial charge is 0.253 e. The summed E-state index contributed by atoms with van der Waals surface area (Å²) in [5.41, 5.74) is -0.511. The SMILES string of the molecule is CCN(CC(C)(C)O)C(=O)c1ccc(F)cc1. The van der Waals surface area contributed by atoms with Gasteiger partial charge in [0.05, 0.1) is 5.60 Å². The number of hydrogen-bond donors (Lipinski definition) is 1. The highest BCUT2D eigenvalue weighted by Crippen LogP contribution is 2.10. The second-order valence-electron chi connectivity index (χ2n) is 4.64. The van der Waals surface area contributed by atoms with Crippen molar-refractivity contribution in [2.75, 3.05) is 13.1 Å². The van der Waals surface area contributed by atoms with Gasteiger partial charge in [0.2, 0.25) is 0 Å². The van der Waals surface area contributed by atoms with Crippen LogP contribution in [0.15, 0.2) is 24.3 Å². The van der Waals surface area contributed by atoms with Crippen LogP contribution in [0.2, 0.25) is 0 Å². The molecule has 0 saturated heterocycles. The second-order valence-corrected chi connectivity index (χ2v) is 4.64. The van der Waals surface area contributed by atoms with Gasteiger partial charge in [0.25, 0.3) is 5.91 Å². The normalized spacial score (nSPS) is 11.4. The lowest BCUT2D eigenvalue weighted by Gasteiger charge is -2.28. The van der Waals surface area contributed by atoms with Crippen molar-refractivity contribution in [2.24, 2.45) is 0 Å². The summed E-state index contributed by atoms with van der Waals surface area (Å²) in [5, 5.41) is 9.71. The second kappa shape index (κ2) is 5.27. The molecule has 0 aromatic heterocycles. The first-order valence-corrected chi connectivity index (χ1v) is 5.60. The van der Waals surface area contributed by atoms with Crippen molar-refractivity contribution in [3.05, 3.63) is 35.6 Å². The molecule has 0 aliphatic carbocycles. The molecule has 0 unspecified atom stereocenters. The van der Waals surface area contributed by atoms with E-state index in [-0.39, 0.29) is 18.3 Å². The third-order valence-electron chi connectivity index (χ3n) is 2.34. The minimum atomic E-state index is -0.939. The van der Waals surface area contributed by atoms with Crippen molar-refractivity contribution in [1.29, 1.82) is 0 Å². The summed E-state index contributed by atoms with van der Waals surface area (Å²) in [6, 6.07) is 5.41. The van der Waals surface area contributed by atoms with Crippen molar-refractivity contribution >= 4 is 5.91 Å². The quantitative estimate of drug-likeness (QED) is 0.873. The molecule has 4 heteroatoms. The van der Waals surface area contributed by atoms with Crippen molar-refractivity contribution < 1.29 is 14.3 Å². The van der Waals surface area contributed by atoms with Crippen LogP contribution in [0, 0.1) is 5.82 Å². The van der Waals surface area contributed by atoms with Gasteiger partial charge >= 0.3 is 0 Å². The molecule has 1 aromatic rings. The molecular formula is C13H18FNO2. The fourth-order valence-electron chi connectivity index (χ4n) is 1.57. The number of aliphatic hydroxyl groups is 1. The van der Waals surface area contributed by atoms with E-state index >= 15 is 0 Å². The van der Waals surface area contributed by atoms with E-state index in [0.717, 1.165) is 0 Å². The average molecular weight is 239 g/mol. The monoisotopic (exact) mass is 239 g/mol. The Morgan fingerprint density at radius 1 is 1.35 bits per heavy atom. The molecule has 0 saturated carbocycles. The Hall–Kier alpha value is -1.42. The summed E-state index contributed by atoms with van der Waals surface area (Å²) in [4.78, 5) is 13.6. The van der Waals surface area contributed by atoms with E-state index in [2.05, 4.69) is 0 Å². The summed E-state index contributed by atoms with van der Waals surface area (Å²) in [7, 11) is 0. The van der Waals surface area contributed by atoms with E-state index in [4.69, 9.17) is 0 Å². The van der Waals surface area contributed by atoms with Crippen LogP contribution in [-0.4, -0.2) is 34.6 Å². The van der Waals surface area contributed by atoms with Gasteiger partial charge < -0.3 is 10.0 Å². The minimum Gasteiger partial charge on any atom is -0.389 e. The molecule has 0 spiro atoms. The van der Waals surface area contributed by atoms with Gasteiger partial charge in [-0.05, 0) is 45.0 Å². The van der Waals surface area contributed by atoms with Crippen LogP contribution < -0.4 is 0 Å². The maximum absolute atomic E-state index is 12.7. The molecule has 0 aliphatic rings. The fourth-order valence-corrected chi connectivity index (χ4v) is 1.57. The fraction of sp³-hybridized carbons (Fsp3) is 0.462. The van der Waals surface area contributed by atoms with Gasteiger partial charge in [0.1, 0.15) is 5.82 Å². The molecule has 1 aromatic carbocycles. The number of rotatable bonds is 4. The molecule has 0 aliphatic heterocycles. The van der Waals surface area contributed by atoms with Gasteiger partial charge in [0.15, 0.2) is 0 Å². The molecule has 0 fully saturated rings. The van der Waals surface area contributed by atoms with E-state index in [1.807, 2.05) is 6.92 Å². The zero-order valence-corrected chi connectivity index (χ0v) is 10.4. The van der Waals surface area contributed by atoms with E-state index in [0.29, 0.717) is 12.1 Å². The minimum absolute atomic E-state index is 0.199. The molecule has 17 heavy (non-hydrogen) atoms. The van der Waals surface area contributed by atoms with E-state index in [9.17, 15) is 14.3 Å². The molecule has 0 atom stereocenters. The summed E-state index contributed by atoms with van der Waals surface area (Å²) in [6.07, 6.45) is 0. The highest BCUT2D eigenvalue weighted by molar-refractivity contribution is 5.94. The Morgan fingerprint density at radius 2 is 1.88 bits per heavy atom. The number of halogens is 1. The summed E-state index contributed by atoms with van der Waals surface area (Å²) >= 11 is 0. The van der Waals surface area contributed by atoms with Gasteiger partial charge in [-0.3, -0.25) is 4.79 Å². The largest absolute Gasteiger partial charge is 0.389 e. The lowest BCUT2D eigenvalue weighted by atomic mass is 10.1. The number of carbonyl (C=O) groups excluding carboxylic acids is 1. The summed E-state index contributed by atoms with van der Waals surface area (Å²) < 4.78 is 12.7. The third-order valence-corrected chi connectivity index (χ3v) is 2.34. The lowest BCUT2D eigenvalue weighted by molar-refractivity contribution is 0.0314. The number of amides is 1. The highest BCUT2D eigenvalue weighted by atomic mass is 19.1. The van der Waals surface area contributed by atoms with Crippen molar-refractivity contribution in [2.45, 2.75) is 26.4 Å². The van der Waals surface area contributed by atoms with Crippen LogP contribution in [0.25, 0.3) is 0 Å². The maximum atomic E-state index is 12.7. The predicted octanol–water partition coefficient (Wildman–Crippen LogP) is 2.06. The number of carbonyl (C=O) groups is 1. The molecule has 0 heterocycles. The first-order chi connectivity index (χ1) is 7.83. The Bertz CT molecular complexity index is 381. The first kappa shape index (κ1) is 13.6. The molecular weight excluding hydrogens is 221 g/mol. The third kappa shape index (κ3) is 4.15. The number of hydrogen-bond acceptors (Lipinski definition) is 2. The Morgan fingerprint density at radius 3 is 2.29 bits per heavy atom. The number of benzene rings is 1. The maximum Gasteiger partial charge on any atom is 0.253 e. The van der Waals surface area contributed by atoms with Crippen LogP contribution >= 0.6 is 0 Å². The van der Waals surface area contributed by atoms with Gasteiger partial charge in [0, 0.05) is 18.7 Å². The van der Waals surface area contributed by atoms with E-state index in [1.54, 1.807) is 13.8 Å². The zero-order valence-electron chi connectivity index (χ0n) is 10.4. The van der Waals surface area contributed by atoms with Crippen LogP contribution in [0.1, 0.15) is 31.1 Å². The van der Waals surface area contributed by atoms with Crippen LogP contribution in [0.3, 0.4) is 0 Å². The van der Waals surface area contributed by atoms with Gasteiger partial charge in [-0.15, -0.1) is 0 Å². The van der Waals surface area contributed by atoms with Crippen LogP contribution in [0.4, 0.5) is 4.39 Å². The van der Waals surface area contributed by atoms with E-state index < -0.39 is 5.60 Å². The molecule has 0 radical (unpaired) electrons. The molecule has 1 N–H and O–H groups in total. The van der Waals surface area contributed by atoms with Crippen LogP contribution in [0.5, 0.6) is 0 Å². The molecule has 1 rings (SSSR count). The zero-order chi connectivity index (χ0) is 13.1. The Labute approximate surface area is 101 Å².